The molecule has 16 heavy (non-hydrogen) atoms. The molecule has 0 radical (unpaired) electrons. The maximum atomic E-state index is 10.5. The molecule has 0 unspecified atom stereocenters. The summed E-state index contributed by atoms with van der Waals surface area (Å²) in [5.41, 5.74) is 0.853. The fourth-order valence-corrected chi connectivity index (χ4v) is 0.850. The Bertz CT molecular complexity index is 356. The molecule has 0 atom stereocenters. The molecular weight excluding hydrogens is 210 g/mol. The van der Waals surface area contributed by atoms with Crippen molar-refractivity contribution in [3.8, 4) is 5.75 Å². The number of carbonyl (C=O) groups is 1. The number of nitrogens with one attached hydrogen (secondary N) is 3. The third-order valence-corrected chi connectivity index (χ3v) is 1.50. The first kappa shape index (κ1) is 13.7. The normalized spacial score (nSPS) is 8.06. The average Bonchev–Trinajstić information content (AvgIpc) is 2.22. The molecule has 6 nitrogen and oxygen atoms in total. The smallest absolute Gasteiger partial charge is 0.231 e. The highest BCUT2D eigenvalue weighted by molar-refractivity contribution is 5.73. The van der Waals surface area contributed by atoms with Gasteiger partial charge in [-0.1, -0.05) is 0 Å². The second kappa shape index (κ2) is 8.02. The lowest BCUT2D eigenvalue weighted by atomic mass is 10.3. The number of anilines is 1. The summed E-state index contributed by atoms with van der Waals surface area (Å²) in [6, 6.07) is 6.63. The fourth-order valence-electron chi connectivity index (χ4n) is 0.850. The van der Waals surface area contributed by atoms with E-state index in [0.717, 1.165) is 11.8 Å². The minimum Gasteiger partial charge on any atom is -0.508 e. The van der Waals surface area contributed by atoms with Gasteiger partial charge in [0.05, 0.1) is 6.67 Å². The maximum Gasteiger partial charge on any atom is 0.231 e. The summed E-state index contributed by atoms with van der Waals surface area (Å²) in [6.07, 6.45) is 0.750. The zero-order chi connectivity index (χ0) is 12.4. The van der Waals surface area contributed by atoms with E-state index in [1.165, 1.54) is 6.92 Å². The molecule has 1 aromatic rings. The van der Waals surface area contributed by atoms with Gasteiger partial charge in [-0.25, -0.2) is 10.2 Å². The Labute approximate surface area is 92.8 Å². The Balaban J connectivity index is 0.000000673. The molecule has 0 heterocycles. The zero-order valence-corrected chi connectivity index (χ0v) is 8.78. The lowest BCUT2D eigenvalue weighted by molar-refractivity contribution is -0.118. The molecule has 1 aromatic carbocycles. The van der Waals surface area contributed by atoms with Crippen LogP contribution in [0.3, 0.4) is 0 Å². The summed E-state index contributed by atoms with van der Waals surface area (Å²) < 4.78 is 0. The number of aromatic hydroxyl groups is 1. The van der Waals surface area contributed by atoms with Gasteiger partial charge in [0.2, 0.25) is 12.0 Å². The van der Waals surface area contributed by atoms with Gasteiger partial charge in [0.25, 0.3) is 0 Å². The average molecular weight is 223 g/mol. The van der Waals surface area contributed by atoms with Gasteiger partial charge in [-0.15, -0.1) is 0 Å². The van der Waals surface area contributed by atoms with Gasteiger partial charge >= 0.3 is 0 Å². The molecule has 0 saturated heterocycles. The van der Waals surface area contributed by atoms with Crippen molar-refractivity contribution in [2.75, 3.05) is 12.0 Å². The SMILES string of the molecule is CC(=O)NCNc1ccc(O)cc1.N=C=O. The largest absolute Gasteiger partial charge is 0.508 e. The predicted molar refractivity (Wildman–Crippen MR) is 58.8 cm³/mol. The molecule has 0 spiro atoms. The molecule has 0 saturated carbocycles. The van der Waals surface area contributed by atoms with E-state index in [2.05, 4.69) is 10.6 Å². The molecule has 4 N–H and O–H groups in total. The van der Waals surface area contributed by atoms with Crippen molar-refractivity contribution in [2.24, 2.45) is 0 Å². The molecule has 86 valence electrons. The monoisotopic (exact) mass is 223 g/mol. The van der Waals surface area contributed by atoms with Crippen molar-refractivity contribution in [1.82, 2.24) is 5.32 Å². The summed E-state index contributed by atoms with van der Waals surface area (Å²) in [5, 5.41) is 19.9. The molecule has 1 rings (SSSR count). The van der Waals surface area contributed by atoms with Gasteiger partial charge in [-0.05, 0) is 24.3 Å². The van der Waals surface area contributed by atoms with E-state index >= 15 is 0 Å². The Hall–Kier alpha value is -2.33. The Morgan fingerprint density at radius 3 is 2.38 bits per heavy atom. The van der Waals surface area contributed by atoms with E-state index in [-0.39, 0.29) is 11.7 Å². The first-order valence-electron chi connectivity index (χ1n) is 4.41. The number of carbonyl (C=O) groups excluding carboxylic acids is 2. The van der Waals surface area contributed by atoms with Crippen LogP contribution < -0.4 is 10.6 Å². The van der Waals surface area contributed by atoms with Crippen molar-refractivity contribution < 1.29 is 14.7 Å². The van der Waals surface area contributed by atoms with Crippen molar-refractivity contribution >= 4 is 17.7 Å². The van der Waals surface area contributed by atoms with Crippen molar-refractivity contribution in [3.63, 3.8) is 0 Å². The van der Waals surface area contributed by atoms with Crippen molar-refractivity contribution in [1.29, 1.82) is 5.41 Å². The lowest BCUT2D eigenvalue weighted by Crippen LogP contribution is -2.26. The highest BCUT2D eigenvalue weighted by atomic mass is 16.3. The summed E-state index contributed by atoms with van der Waals surface area (Å²) in [5.74, 6) is 0.149. The second-order valence-corrected chi connectivity index (χ2v) is 2.74. The first-order chi connectivity index (χ1) is 7.60. The van der Waals surface area contributed by atoms with Crippen LogP contribution >= 0.6 is 0 Å². The first-order valence-corrected chi connectivity index (χ1v) is 4.41. The number of hydrogen-bond acceptors (Lipinski definition) is 5. The van der Waals surface area contributed by atoms with Crippen LogP contribution in [0.15, 0.2) is 24.3 Å². The van der Waals surface area contributed by atoms with Crippen molar-refractivity contribution in [3.05, 3.63) is 24.3 Å². The third kappa shape index (κ3) is 7.11. The molecular formula is C10H13N3O3. The molecule has 6 heteroatoms. The summed E-state index contributed by atoms with van der Waals surface area (Å²) in [7, 11) is 0. The summed E-state index contributed by atoms with van der Waals surface area (Å²) >= 11 is 0. The number of phenols is 1. The summed E-state index contributed by atoms with van der Waals surface area (Å²) in [6.45, 7) is 1.85. The second-order valence-electron chi connectivity index (χ2n) is 2.74. The fraction of sp³-hybridized carbons (Fsp3) is 0.200. The Morgan fingerprint density at radius 1 is 1.44 bits per heavy atom. The van der Waals surface area contributed by atoms with Gasteiger partial charge in [-0.3, -0.25) is 4.79 Å². The van der Waals surface area contributed by atoms with Gasteiger partial charge in [0.1, 0.15) is 5.75 Å². The number of hydrogen-bond donors (Lipinski definition) is 4. The molecule has 0 fully saturated rings. The van der Waals surface area contributed by atoms with Crippen LogP contribution in [0.25, 0.3) is 0 Å². The molecule has 0 aromatic heterocycles. The molecule has 0 aliphatic rings. The van der Waals surface area contributed by atoms with Crippen LogP contribution in [-0.4, -0.2) is 23.8 Å². The van der Waals surface area contributed by atoms with E-state index in [1.54, 1.807) is 24.3 Å². The van der Waals surface area contributed by atoms with Crippen LogP contribution in [0, 0.1) is 5.41 Å². The van der Waals surface area contributed by atoms with Gasteiger partial charge in [0.15, 0.2) is 0 Å². The number of isocyanates is 1. The number of rotatable bonds is 3. The Kier molecular flexibility index (Phi) is 6.85. The van der Waals surface area contributed by atoms with E-state index in [0.29, 0.717) is 6.67 Å². The predicted octanol–water partition coefficient (Wildman–Crippen LogP) is 0.799. The molecule has 0 aliphatic carbocycles. The minimum atomic E-state index is -0.0775. The van der Waals surface area contributed by atoms with Crippen LogP contribution in [0.1, 0.15) is 6.92 Å². The third-order valence-electron chi connectivity index (χ3n) is 1.50. The van der Waals surface area contributed by atoms with Crippen LogP contribution in [0.2, 0.25) is 0 Å². The number of benzene rings is 1. The lowest BCUT2D eigenvalue weighted by Gasteiger charge is -2.06. The van der Waals surface area contributed by atoms with E-state index in [4.69, 9.17) is 15.3 Å². The van der Waals surface area contributed by atoms with Gasteiger partial charge in [-0.2, -0.15) is 0 Å². The Morgan fingerprint density at radius 2 is 1.94 bits per heavy atom. The van der Waals surface area contributed by atoms with E-state index in [1.807, 2.05) is 0 Å². The molecule has 0 bridgehead atoms. The molecule has 0 aliphatic heterocycles. The number of phenolic OH excluding ortho intramolecular Hbond substituents is 1. The van der Waals surface area contributed by atoms with Crippen LogP contribution in [-0.2, 0) is 9.59 Å². The highest BCUT2D eigenvalue weighted by Crippen LogP contribution is 2.12. The quantitative estimate of drug-likeness (QED) is 0.263. The van der Waals surface area contributed by atoms with Crippen LogP contribution in [0.5, 0.6) is 5.75 Å². The van der Waals surface area contributed by atoms with E-state index < -0.39 is 0 Å². The van der Waals surface area contributed by atoms with Gasteiger partial charge < -0.3 is 15.7 Å². The van der Waals surface area contributed by atoms with E-state index in [9.17, 15) is 4.79 Å². The summed E-state index contributed by atoms with van der Waals surface area (Å²) in [4.78, 5) is 18.8. The maximum absolute atomic E-state index is 10.5. The number of amides is 1. The minimum absolute atomic E-state index is 0.0775. The zero-order valence-electron chi connectivity index (χ0n) is 8.78. The van der Waals surface area contributed by atoms with Crippen LogP contribution in [0.4, 0.5) is 5.69 Å². The highest BCUT2D eigenvalue weighted by Gasteiger charge is 1.92. The molecule has 1 amide bonds. The van der Waals surface area contributed by atoms with Gasteiger partial charge in [0, 0.05) is 12.6 Å². The topological polar surface area (TPSA) is 102 Å². The van der Waals surface area contributed by atoms with Crippen molar-refractivity contribution in [2.45, 2.75) is 6.92 Å². The standard InChI is InChI=1S/C9H12N2O2.CHNO/c1-7(12)10-6-11-8-2-4-9(13)5-3-8;2-1-3/h2-5,11,13H,6H2,1H3,(H,10,12);2H.